The van der Waals surface area contributed by atoms with Crippen molar-refractivity contribution in [1.82, 2.24) is 4.72 Å². The molecule has 1 fully saturated rings. The molecule has 1 aliphatic carbocycles. The zero-order valence-electron chi connectivity index (χ0n) is 16.0. The van der Waals surface area contributed by atoms with Crippen LogP contribution in [-0.4, -0.2) is 32.4 Å². The standard InChI is InChI=1S/C19H28N2O5S/c1-13(2)21-27(24,25)17-10-8-16(9-11-17)20-19(23)14(3)26-18(22)12-15-6-4-5-7-15/h8-11,13-15,21H,4-7,12H2,1-3H3,(H,20,23)/t14-/m0/s1. The lowest BCUT2D eigenvalue weighted by Gasteiger charge is -2.15. The van der Waals surface area contributed by atoms with Crippen molar-refractivity contribution in [2.75, 3.05) is 5.32 Å². The second-order valence-electron chi connectivity index (χ2n) is 7.28. The maximum absolute atomic E-state index is 12.2. The van der Waals surface area contributed by atoms with E-state index in [2.05, 4.69) is 10.0 Å². The Morgan fingerprint density at radius 1 is 1.11 bits per heavy atom. The molecule has 27 heavy (non-hydrogen) atoms. The second-order valence-corrected chi connectivity index (χ2v) is 8.99. The van der Waals surface area contributed by atoms with E-state index in [1.54, 1.807) is 13.8 Å². The van der Waals surface area contributed by atoms with Crippen molar-refractivity contribution in [3.8, 4) is 0 Å². The molecule has 0 bridgehead atoms. The summed E-state index contributed by atoms with van der Waals surface area (Å²) in [6.45, 7) is 5.00. The zero-order chi connectivity index (χ0) is 20.0. The van der Waals surface area contributed by atoms with Crippen molar-refractivity contribution in [2.24, 2.45) is 5.92 Å². The summed E-state index contributed by atoms with van der Waals surface area (Å²) in [6.07, 6.45) is 3.81. The highest BCUT2D eigenvalue weighted by atomic mass is 32.2. The number of rotatable bonds is 8. The highest BCUT2D eigenvalue weighted by Crippen LogP contribution is 2.27. The molecule has 1 aromatic rings. The fourth-order valence-electron chi connectivity index (χ4n) is 3.09. The number of hydrogen-bond acceptors (Lipinski definition) is 5. The number of anilines is 1. The summed E-state index contributed by atoms with van der Waals surface area (Å²) < 4.78 is 31.9. The van der Waals surface area contributed by atoms with E-state index in [1.807, 2.05) is 0 Å². The van der Waals surface area contributed by atoms with Crippen molar-refractivity contribution in [3.63, 3.8) is 0 Å². The number of carbonyl (C=O) groups excluding carboxylic acids is 2. The fraction of sp³-hybridized carbons (Fsp3) is 0.579. The Hall–Kier alpha value is -1.93. The molecule has 1 amide bonds. The predicted molar refractivity (Wildman–Crippen MR) is 103 cm³/mol. The molecule has 0 spiro atoms. The summed E-state index contributed by atoms with van der Waals surface area (Å²) in [5.41, 5.74) is 0.433. The van der Waals surface area contributed by atoms with Crippen LogP contribution in [0.3, 0.4) is 0 Å². The van der Waals surface area contributed by atoms with E-state index < -0.39 is 22.0 Å². The Morgan fingerprint density at radius 3 is 2.26 bits per heavy atom. The van der Waals surface area contributed by atoms with Gasteiger partial charge in [0.05, 0.1) is 4.90 Å². The van der Waals surface area contributed by atoms with E-state index in [0.717, 1.165) is 25.7 Å². The van der Waals surface area contributed by atoms with Crippen molar-refractivity contribution in [3.05, 3.63) is 24.3 Å². The molecule has 1 aromatic carbocycles. The van der Waals surface area contributed by atoms with Crippen molar-refractivity contribution < 1.29 is 22.7 Å². The molecular formula is C19H28N2O5S. The topological polar surface area (TPSA) is 102 Å². The predicted octanol–water partition coefficient (Wildman–Crippen LogP) is 2.82. The minimum Gasteiger partial charge on any atom is -0.453 e. The van der Waals surface area contributed by atoms with E-state index in [9.17, 15) is 18.0 Å². The van der Waals surface area contributed by atoms with Crippen LogP contribution in [0.25, 0.3) is 0 Å². The van der Waals surface area contributed by atoms with E-state index in [4.69, 9.17) is 4.74 Å². The number of ether oxygens (including phenoxy) is 1. The molecule has 1 atom stereocenters. The number of amides is 1. The summed E-state index contributed by atoms with van der Waals surface area (Å²) in [5.74, 6) is -0.446. The van der Waals surface area contributed by atoms with Crippen LogP contribution in [0.1, 0.15) is 52.9 Å². The highest BCUT2D eigenvalue weighted by molar-refractivity contribution is 7.89. The lowest BCUT2D eigenvalue weighted by atomic mass is 10.0. The maximum atomic E-state index is 12.2. The molecule has 2 N–H and O–H groups in total. The van der Waals surface area contributed by atoms with Crippen molar-refractivity contribution in [1.29, 1.82) is 0 Å². The quantitative estimate of drug-likeness (QED) is 0.658. The molecule has 7 nitrogen and oxygen atoms in total. The van der Waals surface area contributed by atoms with Gasteiger partial charge in [0, 0.05) is 18.2 Å². The number of carbonyl (C=O) groups is 2. The first kappa shape index (κ1) is 21.4. The first-order chi connectivity index (χ1) is 12.7. The molecule has 0 saturated heterocycles. The molecular weight excluding hydrogens is 368 g/mol. The van der Waals surface area contributed by atoms with Gasteiger partial charge in [0.1, 0.15) is 0 Å². The van der Waals surface area contributed by atoms with E-state index in [0.29, 0.717) is 18.0 Å². The van der Waals surface area contributed by atoms with Crippen LogP contribution in [0.4, 0.5) is 5.69 Å². The lowest BCUT2D eigenvalue weighted by Crippen LogP contribution is -2.31. The van der Waals surface area contributed by atoms with Crippen LogP contribution in [0.5, 0.6) is 0 Å². The Labute approximate surface area is 160 Å². The van der Waals surface area contributed by atoms with Gasteiger partial charge in [0.25, 0.3) is 5.91 Å². The number of hydrogen-bond donors (Lipinski definition) is 2. The van der Waals surface area contributed by atoms with Gasteiger partial charge < -0.3 is 10.1 Å². The average molecular weight is 397 g/mol. The van der Waals surface area contributed by atoms with Gasteiger partial charge in [0.2, 0.25) is 10.0 Å². The number of esters is 1. The Morgan fingerprint density at radius 2 is 1.70 bits per heavy atom. The first-order valence-corrected chi connectivity index (χ1v) is 10.8. The van der Waals surface area contributed by atoms with Crippen molar-refractivity contribution in [2.45, 2.75) is 69.9 Å². The van der Waals surface area contributed by atoms with Crippen molar-refractivity contribution >= 4 is 27.6 Å². The molecule has 0 aromatic heterocycles. The normalized spacial score (nSPS) is 16.3. The summed E-state index contributed by atoms with van der Waals surface area (Å²) in [6, 6.07) is 5.61. The van der Waals surface area contributed by atoms with Gasteiger partial charge in [-0.2, -0.15) is 0 Å². The maximum Gasteiger partial charge on any atom is 0.306 e. The van der Waals surface area contributed by atoms with Gasteiger partial charge in [-0.1, -0.05) is 12.8 Å². The monoisotopic (exact) mass is 396 g/mol. The molecule has 0 heterocycles. The van der Waals surface area contributed by atoms with Crippen LogP contribution in [0, 0.1) is 5.92 Å². The third-order valence-corrected chi connectivity index (χ3v) is 6.11. The van der Waals surface area contributed by atoms with E-state index in [1.165, 1.54) is 31.2 Å². The van der Waals surface area contributed by atoms with Gasteiger partial charge in [-0.15, -0.1) is 0 Å². The largest absolute Gasteiger partial charge is 0.453 e. The first-order valence-electron chi connectivity index (χ1n) is 9.30. The van der Waals surface area contributed by atoms with Gasteiger partial charge in [-0.3, -0.25) is 9.59 Å². The molecule has 0 aliphatic heterocycles. The third kappa shape index (κ3) is 6.62. The van der Waals surface area contributed by atoms with E-state index >= 15 is 0 Å². The summed E-state index contributed by atoms with van der Waals surface area (Å²) in [7, 11) is -3.58. The van der Waals surface area contributed by atoms with Gasteiger partial charge >= 0.3 is 5.97 Å². The SMILES string of the molecule is CC(C)NS(=O)(=O)c1ccc(NC(=O)[C@H](C)OC(=O)CC2CCCC2)cc1. The Bertz CT molecular complexity index is 753. The molecule has 0 radical (unpaired) electrons. The molecule has 1 saturated carbocycles. The smallest absolute Gasteiger partial charge is 0.306 e. The fourth-order valence-corrected chi connectivity index (χ4v) is 4.34. The van der Waals surface area contributed by atoms with Gasteiger partial charge in [-0.25, -0.2) is 13.1 Å². The van der Waals surface area contributed by atoms with Crippen LogP contribution >= 0.6 is 0 Å². The molecule has 150 valence electrons. The molecule has 1 aliphatic rings. The van der Waals surface area contributed by atoms with E-state index in [-0.39, 0.29) is 16.9 Å². The summed E-state index contributed by atoms with van der Waals surface area (Å²) in [4.78, 5) is 24.2. The Balaban J connectivity index is 1.88. The number of sulfonamides is 1. The number of benzene rings is 1. The molecule has 8 heteroatoms. The average Bonchev–Trinajstić information content (AvgIpc) is 3.06. The minimum absolute atomic E-state index is 0.116. The summed E-state index contributed by atoms with van der Waals surface area (Å²) >= 11 is 0. The van der Waals surface area contributed by atoms with Gasteiger partial charge in [-0.05, 0) is 63.8 Å². The molecule has 0 unspecified atom stereocenters. The second kappa shape index (κ2) is 9.32. The van der Waals surface area contributed by atoms with Crippen LogP contribution in [-0.2, 0) is 24.3 Å². The Kier molecular flexibility index (Phi) is 7.38. The summed E-state index contributed by atoms with van der Waals surface area (Å²) in [5, 5.41) is 2.63. The lowest BCUT2D eigenvalue weighted by molar-refractivity contribution is -0.154. The molecule has 2 rings (SSSR count). The highest BCUT2D eigenvalue weighted by Gasteiger charge is 2.23. The minimum atomic E-state index is -3.58. The van der Waals surface area contributed by atoms with Crippen LogP contribution in [0.2, 0.25) is 0 Å². The van der Waals surface area contributed by atoms with Crippen LogP contribution < -0.4 is 10.0 Å². The van der Waals surface area contributed by atoms with Crippen LogP contribution in [0.15, 0.2) is 29.2 Å². The third-order valence-electron chi connectivity index (χ3n) is 4.43. The zero-order valence-corrected chi connectivity index (χ0v) is 16.8. The van der Waals surface area contributed by atoms with Gasteiger partial charge in [0.15, 0.2) is 6.10 Å². The number of nitrogens with one attached hydrogen (secondary N) is 2.